The van der Waals surface area contributed by atoms with Crippen molar-refractivity contribution in [1.82, 2.24) is 0 Å². The van der Waals surface area contributed by atoms with Gasteiger partial charge in [0.2, 0.25) is 0 Å². The molecule has 1 aromatic carbocycles. The number of aliphatic carboxylic acids is 1. The summed E-state index contributed by atoms with van der Waals surface area (Å²) < 4.78 is 38.4. The Balaban J connectivity index is 2.50. The van der Waals surface area contributed by atoms with E-state index in [2.05, 4.69) is 0 Å². The molecule has 3 N–H and O–H groups in total. The van der Waals surface area contributed by atoms with Crippen LogP contribution in [0.15, 0.2) is 12.1 Å². The summed E-state index contributed by atoms with van der Waals surface area (Å²) >= 11 is 0. The number of nitrogens with two attached hydrogens (primary N) is 1. The summed E-state index contributed by atoms with van der Waals surface area (Å²) in [6, 6.07) is 1.51. The number of carbonyl (C=O) groups is 1. The van der Waals surface area contributed by atoms with Crippen LogP contribution >= 0.6 is 0 Å². The van der Waals surface area contributed by atoms with Gasteiger partial charge in [-0.3, -0.25) is 4.79 Å². The normalized spacial score (nSPS) is 16.2. The first-order valence-corrected chi connectivity index (χ1v) is 6.58. The number of alkyl halides is 2. The number of hydrogen-bond acceptors (Lipinski definition) is 4. The van der Waals surface area contributed by atoms with Crippen LogP contribution in [0.4, 0.5) is 8.78 Å². The molecule has 116 valence electrons. The van der Waals surface area contributed by atoms with Crippen LogP contribution in [0.1, 0.15) is 36.9 Å². The lowest BCUT2D eigenvalue weighted by atomic mass is 9.94. The molecule has 0 aliphatic carbocycles. The van der Waals surface area contributed by atoms with Crippen molar-refractivity contribution in [3.05, 3.63) is 23.3 Å². The van der Waals surface area contributed by atoms with Gasteiger partial charge in [0.15, 0.2) is 11.5 Å². The molecule has 21 heavy (non-hydrogen) atoms. The predicted molar refractivity (Wildman–Crippen MR) is 70.8 cm³/mol. The number of ether oxygens (including phenoxy) is 2. The fraction of sp³-hybridized carbons (Fsp3) is 0.500. The summed E-state index contributed by atoms with van der Waals surface area (Å²) in [5.74, 6) is -3.76. The largest absolute Gasteiger partial charge is 0.490 e. The lowest BCUT2D eigenvalue weighted by molar-refractivity contribution is -0.137. The molecule has 1 aliphatic rings. The van der Waals surface area contributed by atoms with E-state index in [1.54, 1.807) is 0 Å². The third kappa shape index (κ3) is 3.60. The van der Waals surface area contributed by atoms with E-state index in [0.717, 1.165) is 6.92 Å². The Morgan fingerprint density at radius 1 is 1.38 bits per heavy atom. The van der Waals surface area contributed by atoms with Crippen LogP contribution in [0.3, 0.4) is 0 Å². The third-order valence-corrected chi connectivity index (χ3v) is 3.19. The number of fused-ring (bicyclic) bond motifs is 1. The Morgan fingerprint density at radius 2 is 1.95 bits per heavy atom. The second-order valence-corrected chi connectivity index (χ2v) is 5.03. The highest BCUT2D eigenvalue weighted by Gasteiger charge is 2.32. The maximum absolute atomic E-state index is 13.8. The van der Waals surface area contributed by atoms with E-state index in [1.807, 2.05) is 0 Å². The number of benzene rings is 1. The molecule has 0 radical (unpaired) electrons. The van der Waals surface area contributed by atoms with Gasteiger partial charge >= 0.3 is 5.97 Å². The molecule has 5 nitrogen and oxygen atoms in total. The number of carboxylic acids is 1. The molecule has 0 saturated carbocycles. The highest BCUT2D eigenvalue weighted by Crippen LogP contribution is 2.41. The predicted octanol–water partition coefficient (Wildman–Crippen LogP) is 2.43. The summed E-state index contributed by atoms with van der Waals surface area (Å²) in [6.07, 6.45) is 0.200. The van der Waals surface area contributed by atoms with Gasteiger partial charge in [-0.1, -0.05) is 0 Å². The van der Waals surface area contributed by atoms with Crippen LogP contribution in [0.5, 0.6) is 11.5 Å². The zero-order valence-electron chi connectivity index (χ0n) is 11.6. The minimum atomic E-state index is -3.16. The van der Waals surface area contributed by atoms with Gasteiger partial charge in [0, 0.05) is 24.9 Å². The van der Waals surface area contributed by atoms with E-state index in [9.17, 15) is 13.6 Å². The standard InChI is InChI=1S/C14H17F2NO4/c1-14(15,16)9-6-12-11(20-3-2-4-21-12)5-8(9)10(17)7-13(18)19/h5-6,10H,2-4,7,17H2,1H3,(H,18,19). The van der Waals surface area contributed by atoms with E-state index in [-0.39, 0.29) is 16.9 Å². The Bertz CT molecular complexity index is 543. The van der Waals surface area contributed by atoms with Gasteiger partial charge in [-0.05, 0) is 17.7 Å². The summed E-state index contributed by atoms with van der Waals surface area (Å²) in [6.45, 7) is 1.52. The first-order chi connectivity index (χ1) is 9.79. The van der Waals surface area contributed by atoms with Gasteiger partial charge < -0.3 is 20.3 Å². The highest BCUT2D eigenvalue weighted by atomic mass is 19.3. The molecule has 0 spiro atoms. The van der Waals surface area contributed by atoms with Crippen molar-refractivity contribution in [3.8, 4) is 11.5 Å². The highest BCUT2D eigenvalue weighted by molar-refractivity contribution is 5.68. The van der Waals surface area contributed by atoms with Crippen LogP contribution in [-0.2, 0) is 10.7 Å². The van der Waals surface area contributed by atoms with Crippen molar-refractivity contribution < 1.29 is 28.2 Å². The number of rotatable bonds is 4. The van der Waals surface area contributed by atoms with Crippen molar-refractivity contribution in [2.75, 3.05) is 13.2 Å². The maximum atomic E-state index is 13.8. The van der Waals surface area contributed by atoms with Crippen molar-refractivity contribution >= 4 is 5.97 Å². The quantitative estimate of drug-likeness (QED) is 0.892. The molecule has 1 aromatic rings. The van der Waals surface area contributed by atoms with Crippen molar-refractivity contribution in [2.24, 2.45) is 5.73 Å². The fourth-order valence-electron chi connectivity index (χ4n) is 2.21. The first kappa shape index (κ1) is 15.5. The maximum Gasteiger partial charge on any atom is 0.305 e. The average Bonchev–Trinajstić information content (AvgIpc) is 2.59. The molecule has 1 atom stereocenters. The van der Waals surface area contributed by atoms with Gasteiger partial charge in [0.1, 0.15) is 0 Å². The SMILES string of the molecule is CC(F)(F)c1cc2c(cc1C(N)CC(=O)O)OCCCO2. The average molecular weight is 301 g/mol. The van der Waals surface area contributed by atoms with Gasteiger partial charge in [-0.15, -0.1) is 0 Å². The van der Waals surface area contributed by atoms with Crippen LogP contribution in [0.25, 0.3) is 0 Å². The third-order valence-electron chi connectivity index (χ3n) is 3.19. The Hall–Kier alpha value is -1.89. The molecule has 0 bridgehead atoms. The fourth-order valence-corrected chi connectivity index (χ4v) is 2.21. The second kappa shape index (κ2) is 5.85. The summed E-state index contributed by atoms with van der Waals surface area (Å²) in [7, 11) is 0. The lowest BCUT2D eigenvalue weighted by Gasteiger charge is -2.22. The summed E-state index contributed by atoms with van der Waals surface area (Å²) in [4.78, 5) is 10.8. The van der Waals surface area contributed by atoms with E-state index in [0.29, 0.717) is 25.4 Å². The molecule has 1 unspecified atom stereocenters. The Morgan fingerprint density at radius 3 is 2.48 bits per heavy atom. The Kier molecular flexibility index (Phi) is 4.32. The number of halogens is 2. The number of carboxylic acid groups (broad SMARTS) is 1. The molecular weight excluding hydrogens is 284 g/mol. The van der Waals surface area contributed by atoms with Gasteiger partial charge in [0.25, 0.3) is 5.92 Å². The molecule has 1 heterocycles. The molecule has 1 aliphatic heterocycles. The molecule has 0 amide bonds. The second-order valence-electron chi connectivity index (χ2n) is 5.03. The van der Waals surface area contributed by atoms with Crippen molar-refractivity contribution in [3.63, 3.8) is 0 Å². The van der Waals surface area contributed by atoms with Crippen LogP contribution in [0.2, 0.25) is 0 Å². The first-order valence-electron chi connectivity index (χ1n) is 6.58. The molecule has 0 aromatic heterocycles. The minimum absolute atomic E-state index is 0.0640. The molecule has 2 rings (SSSR count). The molecule has 0 saturated heterocycles. The van der Waals surface area contributed by atoms with E-state index in [4.69, 9.17) is 20.3 Å². The van der Waals surface area contributed by atoms with Crippen LogP contribution in [-0.4, -0.2) is 24.3 Å². The topological polar surface area (TPSA) is 81.8 Å². The zero-order chi connectivity index (χ0) is 15.6. The van der Waals surface area contributed by atoms with Crippen LogP contribution < -0.4 is 15.2 Å². The lowest BCUT2D eigenvalue weighted by Crippen LogP contribution is -2.21. The molecular formula is C14H17F2NO4. The van der Waals surface area contributed by atoms with E-state index < -0.39 is 24.4 Å². The molecule has 0 fully saturated rings. The van der Waals surface area contributed by atoms with Gasteiger partial charge in [0.05, 0.1) is 19.6 Å². The van der Waals surface area contributed by atoms with E-state index >= 15 is 0 Å². The monoisotopic (exact) mass is 301 g/mol. The number of hydrogen-bond donors (Lipinski definition) is 2. The van der Waals surface area contributed by atoms with Gasteiger partial charge in [-0.2, -0.15) is 0 Å². The van der Waals surface area contributed by atoms with E-state index in [1.165, 1.54) is 12.1 Å². The minimum Gasteiger partial charge on any atom is -0.490 e. The van der Waals surface area contributed by atoms with Crippen molar-refractivity contribution in [1.29, 1.82) is 0 Å². The zero-order valence-corrected chi connectivity index (χ0v) is 11.6. The van der Waals surface area contributed by atoms with Gasteiger partial charge in [-0.25, -0.2) is 8.78 Å². The summed E-state index contributed by atoms with van der Waals surface area (Å²) in [5, 5.41) is 8.80. The van der Waals surface area contributed by atoms with Crippen LogP contribution in [0, 0.1) is 0 Å². The van der Waals surface area contributed by atoms with Crippen molar-refractivity contribution in [2.45, 2.75) is 31.7 Å². The smallest absolute Gasteiger partial charge is 0.305 e. The summed E-state index contributed by atoms with van der Waals surface area (Å²) in [5.41, 5.74) is 5.49. The molecule has 7 heteroatoms. The Labute approximate surface area is 120 Å².